The molecule has 6 heteroatoms. The summed E-state index contributed by atoms with van der Waals surface area (Å²) in [4.78, 5) is 11.7. The lowest BCUT2D eigenvalue weighted by Crippen LogP contribution is -2.36. The van der Waals surface area contributed by atoms with E-state index in [1.807, 2.05) is 35.7 Å². The highest BCUT2D eigenvalue weighted by molar-refractivity contribution is 7.99. The Labute approximate surface area is 231 Å². The van der Waals surface area contributed by atoms with Gasteiger partial charge in [0.25, 0.3) is 0 Å². The molecule has 0 amide bonds. The van der Waals surface area contributed by atoms with Crippen molar-refractivity contribution in [2.24, 2.45) is 0 Å². The second-order valence-electron chi connectivity index (χ2n) is 10.6. The second-order valence-corrected chi connectivity index (χ2v) is 12.8. The van der Waals surface area contributed by atoms with Gasteiger partial charge in [0, 0.05) is 22.5 Å². The first-order chi connectivity index (χ1) is 17.9. The van der Waals surface area contributed by atoms with Crippen LogP contribution < -0.4 is 0 Å². The van der Waals surface area contributed by atoms with Gasteiger partial charge in [0.1, 0.15) is 11.5 Å². The van der Waals surface area contributed by atoms with Crippen LogP contribution in [-0.4, -0.2) is 38.5 Å². The normalized spacial score (nSPS) is 19.0. The molecule has 0 aliphatic carbocycles. The molecule has 2 aromatic carbocycles. The summed E-state index contributed by atoms with van der Waals surface area (Å²) in [6, 6.07) is 13.6. The molecule has 37 heavy (non-hydrogen) atoms. The van der Waals surface area contributed by atoms with E-state index in [1.54, 1.807) is 12.1 Å². The minimum atomic E-state index is -0.681. The van der Waals surface area contributed by atoms with Gasteiger partial charge in [-0.05, 0) is 78.5 Å². The molecule has 1 aliphatic rings. The van der Waals surface area contributed by atoms with Gasteiger partial charge in [0.2, 0.25) is 0 Å². The Morgan fingerprint density at radius 2 is 1.46 bits per heavy atom. The third kappa shape index (κ3) is 9.47. The van der Waals surface area contributed by atoms with Crippen LogP contribution >= 0.6 is 23.5 Å². The first kappa shape index (κ1) is 29.8. The lowest BCUT2D eigenvalue weighted by Gasteiger charge is -2.43. The number of phenols is 2. The van der Waals surface area contributed by atoms with Crippen molar-refractivity contribution in [2.45, 2.75) is 100 Å². The molecule has 0 fully saturated rings. The Hall–Kier alpha value is -1.79. The van der Waals surface area contributed by atoms with Crippen LogP contribution in [0, 0.1) is 0 Å². The molecule has 204 valence electrons. The number of hydrogen-bond acceptors (Lipinski definition) is 5. The van der Waals surface area contributed by atoms with E-state index in [4.69, 9.17) is 5.11 Å². The predicted octanol–water partition coefficient (Wildman–Crippen LogP) is 8.74. The average molecular weight is 545 g/mol. The zero-order valence-corrected chi connectivity index (χ0v) is 23.9. The van der Waals surface area contributed by atoms with Crippen LogP contribution in [0.3, 0.4) is 0 Å². The molecule has 2 aromatic rings. The van der Waals surface area contributed by atoms with Crippen molar-refractivity contribution in [2.75, 3.05) is 17.3 Å². The summed E-state index contributed by atoms with van der Waals surface area (Å²) in [7, 11) is 0. The lowest BCUT2D eigenvalue weighted by molar-refractivity contribution is -0.137. The van der Waals surface area contributed by atoms with Crippen LogP contribution in [0.15, 0.2) is 47.4 Å². The van der Waals surface area contributed by atoms with Crippen LogP contribution in [0.1, 0.15) is 101 Å². The number of aliphatic carboxylic acids is 1. The first-order valence-corrected chi connectivity index (χ1v) is 16.1. The van der Waals surface area contributed by atoms with Crippen LogP contribution in [0.25, 0.3) is 0 Å². The SMILES string of the molecule is C[C@]1(c2ccc(O)cc2)CSc2cc(O)ccc2[C@H]1CCCCCCCCCSCCCCCC(=O)O. The van der Waals surface area contributed by atoms with Crippen molar-refractivity contribution in [3.05, 3.63) is 53.6 Å². The summed E-state index contributed by atoms with van der Waals surface area (Å²) in [5.74, 6) is 3.72. The zero-order valence-electron chi connectivity index (χ0n) is 22.3. The Morgan fingerprint density at radius 1 is 0.865 bits per heavy atom. The predicted molar refractivity (Wildman–Crippen MR) is 157 cm³/mol. The third-order valence-corrected chi connectivity index (χ3v) is 10.2. The molecule has 4 nitrogen and oxygen atoms in total. The molecule has 0 spiro atoms. The highest BCUT2D eigenvalue weighted by Gasteiger charge is 2.41. The van der Waals surface area contributed by atoms with Crippen molar-refractivity contribution in [3.63, 3.8) is 0 Å². The number of aromatic hydroxyl groups is 2. The van der Waals surface area contributed by atoms with Gasteiger partial charge in [-0.2, -0.15) is 11.8 Å². The van der Waals surface area contributed by atoms with Gasteiger partial charge < -0.3 is 15.3 Å². The van der Waals surface area contributed by atoms with Crippen molar-refractivity contribution < 1.29 is 20.1 Å². The molecule has 0 bridgehead atoms. The second kappa shape index (κ2) is 15.6. The molecule has 0 radical (unpaired) electrons. The summed E-state index contributed by atoms with van der Waals surface area (Å²) >= 11 is 3.85. The topological polar surface area (TPSA) is 77.8 Å². The first-order valence-electron chi connectivity index (χ1n) is 13.9. The number of unbranched alkanes of at least 4 members (excludes halogenated alkanes) is 8. The number of fused-ring (bicyclic) bond motifs is 1. The number of carbonyl (C=O) groups is 1. The van der Waals surface area contributed by atoms with Crippen molar-refractivity contribution >= 4 is 29.5 Å². The van der Waals surface area contributed by atoms with Gasteiger partial charge in [0.05, 0.1) is 0 Å². The van der Waals surface area contributed by atoms with Gasteiger partial charge in [-0.15, -0.1) is 11.8 Å². The van der Waals surface area contributed by atoms with Crippen molar-refractivity contribution in [1.29, 1.82) is 0 Å². The summed E-state index contributed by atoms with van der Waals surface area (Å²) in [6.45, 7) is 2.36. The molecule has 2 atom stereocenters. The Morgan fingerprint density at radius 3 is 2.14 bits per heavy atom. The molecule has 3 rings (SSSR count). The van der Waals surface area contributed by atoms with Gasteiger partial charge >= 0.3 is 5.97 Å². The number of thioether (sulfide) groups is 2. The van der Waals surface area contributed by atoms with Crippen molar-refractivity contribution in [1.82, 2.24) is 0 Å². The maximum Gasteiger partial charge on any atom is 0.303 e. The average Bonchev–Trinajstić information content (AvgIpc) is 2.87. The van der Waals surface area contributed by atoms with E-state index in [-0.39, 0.29) is 5.41 Å². The molecule has 1 heterocycles. The number of carboxylic acid groups (broad SMARTS) is 1. The molecule has 0 saturated heterocycles. The highest BCUT2D eigenvalue weighted by atomic mass is 32.2. The molecule has 1 aliphatic heterocycles. The summed E-state index contributed by atoms with van der Waals surface area (Å²) in [6.07, 6.45) is 13.4. The van der Waals surface area contributed by atoms with E-state index in [9.17, 15) is 15.0 Å². The summed E-state index contributed by atoms with van der Waals surface area (Å²) < 4.78 is 0. The highest BCUT2D eigenvalue weighted by Crippen LogP contribution is 2.52. The minimum absolute atomic E-state index is 0.00371. The number of rotatable bonds is 17. The standard InChI is InChI=1S/C31H44O4S2/c1-31(24-14-16-25(32)17-15-24)23-37-29-22-26(33)18-19-27(29)28(31)12-8-5-3-2-4-6-10-20-36-21-11-7-9-13-30(34)35/h14-19,22,28,32-33H,2-13,20-21,23H2,1H3,(H,34,35)/t28-,31-/m1/s1. The fourth-order valence-corrected chi connectivity index (χ4v) is 7.83. The molecule has 0 saturated carbocycles. The Balaban J connectivity index is 1.36. The largest absolute Gasteiger partial charge is 0.508 e. The monoisotopic (exact) mass is 544 g/mol. The summed E-state index contributed by atoms with van der Waals surface area (Å²) in [5, 5.41) is 28.5. The van der Waals surface area contributed by atoms with Crippen LogP contribution in [-0.2, 0) is 10.2 Å². The van der Waals surface area contributed by atoms with E-state index in [0.717, 1.165) is 37.2 Å². The van der Waals surface area contributed by atoms with Crippen LogP contribution in [0.4, 0.5) is 0 Å². The van der Waals surface area contributed by atoms with Gasteiger partial charge in [-0.25, -0.2) is 0 Å². The Kier molecular flexibility index (Phi) is 12.5. The fourth-order valence-electron chi connectivity index (χ4n) is 5.40. The fraction of sp³-hybridized carbons (Fsp3) is 0.581. The quantitative estimate of drug-likeness (QED) is 0.173. The van der Waals surface area contributed by atoms with Gasteiger partial charge in [0.15, 0.2) is 0 Å². The maximum atomic E-state index is 10.5. The van der Waals surface area contributed by atoms with Crippen molar-refractivity contribution in [3.8, 4) is 11.5 Å². The Bertz CT molecular complexity index is 962. The number of hydrogen-bond donors (Lipinski definition) is 3. The summed E-state index contributed by atoms with van der Waals surface area (Å²) in [5.41, 5.74) is 2.62. The molecule has 0 unspecified atom stereocenters. The van der Waals surface area contributed by atoms with Gasteiger partial charge in [-0.1, -0.05) is 70.1 Å². The molecule has 3 N–H and O–H groups in total. The van der Waals surface area contributed by atoms with E-state index < -0.39 is 5.97 Å². The maximum absolute atomic E-state index is 10.5. The van der Waals surface area contributed by atoms with E-state index in [2.05, 4.69) is 25.1 Å². The zero-order chi connectivity index (χ0) is 26.5. The minimum Gasteiger partial charge on any atom is -0.508 e. The molecular weight excluding hydrogens is 500 g/mol. The van der Waals surface area contributed by atoms with Gasteiger partial charge in [-0.3, -0.25) is 4.79 Å². The molecular formula is C31H44O4S2. The number of phenolic OH excluding ortho intramolecular Hbond substituents is 2. The lowest BCUT2D eigenvalue weighted by atomic mass is 9.68. The third-order valence-electron chi connectivity index (χ3n) is 7.66. The van der Waals surface area contributed by atoms with E-state index in [0.29, 0.717) is 23.8 Å². The van der Waals surface area contributed by atoms with E-state index in [1.165, 1.54) is 66.7 Å². The number of carboxylic acids is 1. The van der Waals surface area contributed by atoms with Crippen LogP contribution in [0.5, 0.6) is 11.5 Å². The number of benzene rings is 2. The molecule has 0 aromatic heterocycles. The van der Waals surface area contributed by atoms with Crippen LogP contribution in [0.2, 0.25) is 0 Å². The smallest absolute Gasteiger partial charge is 0.303 e. The van der Waals surface area contributed by atoms with E-state index >= 15 is 0 Å².